The minimum Gasteiger partial charge on any atom is -0.140 e. The normalized spacial score (nSPS) is 15.4. The molecular weight excluding hydrogens is 557 g/mol. The van der Waals surface area contributed by atoms with Crippen LogP contribution in [0.1, 0.15) is 30.7 Å². The van der Waals surface area contributed by atoms with Crippen LogP contribution in [0.25, 0.3) is 74.1 Å². The van der Waals surface area contributed by atoms with E-state index in [1.165, 1.54) is 93.3 Å². The Kier molecular flexibility index (Phi) is 5.80. The topological polar surface area (TPSA) is 0 Å². The molecule has 0 spiro atoms. The van der Waals surface area contributed by atoms with Gasteiger partial charge in [0.1, 0.15) is 0 Å². The summed E-state index contributed by atoms with van der Waals surface area (Å²) in [6.45, 7) is 4.78. The molecule has 0 saturated heterocycles. The zero-order valence-electron chi connectivity index (χ0n) is 24.5. The minimum atomic E-state index is 0.753. The van der Waals surface area contributed by atoms with Crippen LogP contribution in [0.5, 0.6) is 0 Å². The number of hydrogen-bond acceptors (Lipinski definition) is 2. The lowest BCUT2D eigenvalue weighted by Crippen LogP contribution is -2.17. The fourth-order valence-electron chi connectivity index (χ4n) is 7.71. The van der Waals surface area contributed by atoms with Gasteiger partial charge in [0.15, 0.2) is 0 Å². The molecule has 0 fully saturated rings. The summed E-state index contributed by atoms with van der Waals surface area (Å²) in [5.41, 5.74) is 6.97. The monoisotopic (exact) mass is 588 g/mol. The largest absolute Gasteiger partial charge is 0.140 e. The van der Waals surface area contributed by atoms with Crippen LogP contribution in [0.2, 0.25) is 0 Å². The molecule has 0 N–H and O–H groups in total. The second-order valence-corrected chi connectivity index (χ2v) is 14.8. The van der Waals surface area contributed by atoms with Crippen molar-refractivity contribution in [3.63, 3.8) is 0 Å². The summed E-state index contributed by atoms with van der Waals surface area (Å²) in [6.07, 6.45) is 3.79. The van der Waals surface area contributed by atoms with Gasteiger partial charge in [-0.3, -0.25) is 0 Å². The molecule has 0 nitrogen and oxygen atoms in total. The molecule has 43 heavy (non-hydrogen) atoms. The Morgan fingerprint density at radius 3 is 1.95 bits per heavy atom. The van der Waals surface area contributed by atoms with E-state index in [1.807, 2.05) is 22.7 Å². The van der Waals surface area contributed by atoms with E-state index >= 15 is 0 Å². The van der Waals surface area contributed by atoms with Crippen LogP contribution < -0.4 is 0 Å². The van der Waals surface area contributed by atoms with Gasteiger partial charge >= 0.3 is 0 Å². The third-order valence-corrected chi connectivity index (χ3v) is 12.4. The van der Waals surface area contributed by atoms with Gasteiger partial charge in [-0.2, -0.15) is 0 Å². The fourth-order valence-corrected chi connectivity index (χ4v) is 10.3. The smallest absolute Gasteiger partial charge is 0.0434 e. The number of benzene rings is 6. The summed E-state index contributed by atoms with van der Waals surface area (Å²) in [5, 5.41) is 9.48. The predicted molar refractivity (Wildman–Crippen MR) is 191 cm³/mol. The van der Waals surface area contributed by atoms with Crippen molar-refractivity contribution in [3.05, 3.63) is 120 Å². The maximum atomic E-state index is 2.49. The van der Waals surface area contributed by atoms with E-state index in [-0.39, 0.29) is 0 Å². The maximum absolute atomic E-state index is 2.49. The standard InChI is InChI=1S/C41H32S2/c1-24(2)25-18-20-28-29-21-19-26(23-38(29)42-37(28)22-25)39-30-11-3-5-13-32(30)40(33-14-6-4-12-31(33)39)35-16-9-15-34-27-10-7-8-17-36(27)43-41(34)35/h3-17,19,21,23-25H,18,20,22H2,1-2H3. The molecule has 0 aliphatic heterocycles. The first-order chi connectivity index (χ1) is 21.2. The quantitative estimate of drug-likeness (QED) is 0.180. The van der Waals surface area contributed by atoms with Crippen LogP contribution in [0.3, 0.4) is 0 Å². The van der Waals surface area contributed by atoms with Crippen LogP contribution in [0, 0.1) is 11.8 Å². The van der Waals surface area contributed by atoms with Crippen molar-refractivity contribution in [2.45, 2.75) is 33.1 Å². The molecule has 9 rings (SSSR count). The minimum absolute atomic E-state index is 0.753. The molecule has 208 valence electrons. The average Bonchev–Trinajstić information content (AvgIpc) is 3.61. The number of aryl methyl sites for hydroxylation is 1. The summed E-state index contributed by atoms with van der Waals surface area (Å²) >= 11 is 3.96. The highest BCUT2D eigenvalue weighted by Crippen LogP contribution is 2.49. The van der Waals surface area contributed by atoms with Gasteiger partial charge in [-0.15, -0.1) is 22.7 Å². The Bertz CT molecular complexity index is 2310. The van der Waals surface area contributed by atoms with Crippen molar-refractivity contribution in [2.75, 3.05) is 0 Å². The zero-order valence-corrected chi connectivity index (χ0v) is 26.1. The molecule has 0 amide bonds. The summed E-state index contributed by atoms with van der Waals surface area (Å²) < 4.78 is 4.16. The van der Waals surface area contributed by atoms with Gasteiger partial charge in [0.25, 0.3) is 0 Å². The first kappa shape index (κ1) is 25.5. The Hall–Kier alpha value is -3.98. The van der Waals surface area contributed by atoms with Crippen LogP contribution >= 0.6 is 22.7 Å². The highest BCUT2D eigenvalue weighted by Gasteiger charge is 2.25. The van der Waals surface area contributed by atoms with Gasteiger partial charge in [-0.1, -0.05) is 111 Å². The number of hydrogen-bond donors (Lipinski definition) is 0. The van der Waals surface area contributed by atoms with Crippen LogP contribution in [0.15, 0.2) is 109 Å². The van der Waals surface area contributed by atoms with E-state index in [4.69, 9.17) is 0 Å². The first-order valence-electron chi connectivity index (χ1n) is 15.5. The molecule has 1 unspecified atom stereocenters. The highest BCUT2D eigenvalue weighted by atomic mass is 32.1. The molecule has 6 aromatic carbocycles. The van der Waals surface area contributed by atoms with Crippen LogP contribution in [-0.2, 0) is 12.8 Å². The van der Waals surface area contributed by atoms with Gasteiger partial charge in [-0.25, -0.2) is 0 Å². The molecule has 2 heterocycles. The number of thiophene rings is 2. The van der Waals surface area contributed by atoms with Gasteiger partial charge in [0.05, 0.1) is 0 Å². The van der Waals surface area contributed by atoms with Crippen molar-refractivity contribution in [1.29, 1.82) is 0 Å². The zero-order chi connectivity index (χ0) is 28.7. The number of fused-ring (bicyclic) bond motifs is 8. The van der Waals surface area contributed by atoms with Gasteiger partial charge < -0.3 is 0 Å². The predicted octanol–water partition coefficient (Wildman–Crippen LogP) is 12.7. The van der Waals surface area contributed by atoms with Crippen LogP contribution in [-0.4, -0.2) is 0 Å². The van der Waals surface area contributed by atoms with Gasteiger partial charge in [-0.05, 0) is 92.4 Å². The van der Waals surface area contributed by atoms with Gasteiger partial charge in [0, 0.05) is 35.3 Å². The van der Waals surface area contributed by atoms with E-state index in [0.29, 0.717) is 0 Å². The molecule has 2 aromatic heterocycles. The van der Waals surface area contributed by atoms with Crippen molar-refractivity contribution in [2.24, 2.45) is 11.8 Å². The molecule has 8 aromatic rings. The van der Waals surface area contributed by atoms with Crippen molar-refractivity contribution >= 4 is 74.5 Å². The first-order valence-corrected chi connectivity index (χ1v) is 17.2. The second-order valence-electron chi connectivity index (χ2n) is 12.6. The van der Waals surface area contributed by atoms with E-state index in [2.05, 4.69) is 123 Å². The molecule has 1 aliphatic carbocycles. The maximum Gasteiger partial charge on any atom is 0.0434 e. The molecule has 0 saturated carbocycles. The second kappa shape index (κ2) is 9.77. The van der Waals surface area contributed by atoms with E-state index < -0.39 is 0 Å². The lowest BCUT2D eigenvalue weighted by molar-refractivity contribution is 0.347. The summed E-state index contributed by atoms with van der Waals surface area (Å²) in [6, 6.07) is 41.2. The highest BCUT2D eigenvalue weighted by molar-refractivity contribution is 7.26. The molecule has 0 radical (unpaired) electrons. The Morgan fingerprint density at radius 2 is 1.23 bits per heavy atom. The SMILES string of the molecule is CC(C)C1CCc2c(sc3cc(-c4c5ccccc5c(-c5cccc6c5sc5ccccc56)c5ccccc45)ccc23)C1. The molecule has 1 aliphatic rings. The Labute approximate surface area is 260 Å². The van der Waals surface area contributed by atoms with Crippen molar-refractivity contribution < 1.29 is 0 Å². The molecule has 1 atom stereocenters. The third-order valence-electron chi connectivity index (χ3n) is 9.93. The summed E-state index contributed by atoms with van der Waals surface area (Å²) in [5.74, 6) is 1.56. The average molecular weight is 589 g/mol. The van der Waals surface area contributed by atoms with Crippen molar-refractivity contribution in [1.82, 2.24) is 0 Å². The van der Waals surface area contributed by atoms with E-state index in [9.17, 15) is 0 Å². The van der Waals surface area contributed by atoms with E-state index in [1.54, 1.807) is 10.4 Å². The molecular formula is C41H32S2. The number of rotatable bonds is 3. The van der Waals surface area contributed by atoms with E-state index in [0.717, 1.165) is 11.8 Å². The van der Waals surface area contributed by atoms with Crippen molar-refractivity contribution in [3.8, 4) is 22.3 Å². The lowest BCUT2D eigenvalue weighted by atomic mass is 9.81. The molecule has 0 bridgehead atoms. The Morgan fingerprint density at radius 1 is 0.581 bits per heavy atom. The third kappa shape index (κ3) is 3.86. The molecule has 2 heteroatoms. The summed E-state index contributed by atoms with van der Waals surface area (Å²) in [7, 11) is 0. The van der Waals surface area contributed by atoms with Gasteiger partial charge in [0.2, 0.25) is 0 Å². The van der Waals surface area contributed by atoms with Crippen LogP contribution in [0.4, 0.5) is 0 Å². The lowest BCUT2D eigenvalue weighted by Gasteiger charge is -2.25. The Balaban J connectivity index is 1.32. The fraction of sp³-hybridized carbons (Fsp3) is 0.171. The summed E-state index contributed by atoms with van der Waals surface area (Å²) in [4.78, 5) is 1.62.